The number of carbonyl (C=O) groups excluding carboxylic acids is 1. The maximum absolute atomic E-state index is 15.2. The van der Waals surface area contributed by atoms with Crippen LogP contribution in [0.15, 0.2) is 48.5 Å². The molecule has 3 nitrogen and oxygen atoms in total. The standard InChI is InChI=1S/C23H26F2N2O/c1-16(24)14-26-22(28)27-15-23(10-11-23)13-19(27)12-18-8-5-9-20(21(18)25)17-6-3-2-4-7-17/h2-9,16,19H,10-15H2,1H3,(H,26,28)/t16-,19+/m1/s1. The van der Waals surface area contributed by atoms with Crippen molar-refractivity contribution in [2.45, 2.75) is 44.8 Å². The summed E-state index contributed by atoms with van der Waals surface area (Å²) in [7, 11) is 0. The second kappa shape index (κ2) is 7.53. The lowest BCUT2D eigenvalue weighted by Gasteiger charge is -2.25. The summed E-state index contributed by atoms with van der Waals surface area (Å²) < 4.78 is 28.4. The normalized spacial score (nSPS) is 21.0. The maximum Gasteiger partial charge on any atom is 0.317 e. The van der Waals surface area contributed by atoms with E-state index in [-0.39, 0.29) is 29.8 Å². The van der Waals surface area contributed by atoms with Crippen LogP contribution in [0.4, 0.5) is 13.6 Å². The van der Waals surface area contributed by atoms with E-state index >= 15 is 4.39 Å². The molecule has 1 aliphatic carbocycles. The number of hydrogen-bond acceptors (Lipinski definition) is 1. The Morgan fingerprint density at radius 1 is 1.21 bits per heavy atom. The number of benzene rings is 2. The van der Waals surface area contributed by atoms with Crippen molar-refractivity contribution in [2.75, 3.05) is 13.1 Å². The second-order valence-electron chi connectivity index (χ2n) is 8.30. The van der Waals surface area contributed by atoms with E-state index in [0.29, 0.717) is 24.1 Å². The first-order chi connectivity index (χ1) is 13.5. The second-order valence-corrected chi connectivity index (χ2v) is 8.30. The van der Waals surface area contributed by atoms with Crippen LogP contribution in [0.2, 0.25) is 0 Å². The fourth-order valence-electron chi connectivity index (χ4n) is 4.29. The smallest absolute Gasteiger partial charge is 0.317 e. The molecule has 2 aromatic carbocycles. The average molecular weight is 384 g/mol. The van der Waals surface area contributed by atoms with Gasteiger partial charge >= 0.3 is 6.03 Å². The van der Waals surface area contributed by atoms with E-state index < -0.39 is 6.17 Å². The van der Waals surface area contributed by atoms with Gasteiger partial charge in [0.2, 0.25) is 0 Å². The molecular weight excluding hydrogens is 358 g/mol. The SMILES string of the molecule is C[C@@H](F)CNC(=O)N1CC2(CC2)C[C@@H]1Cc1cccc(-c2ccccc2)c1F. The summed E-state index contributed by atoms with van der Waals surface area (Å²) in [6.45, 7) is 2.12. The summed E-state index contributed by atoms with van der Waals surface area (Å²) in [5.41, 5.74) is 2.25. The van der Waals surface area contributed by atoms with Gasteiger partial charge in [-0.25, -0.2) is 13.6 Å². The summed E-state index contributed by atoms with van der Waals surface area (Å²) in [5.74, 6) is -0.219. The van der Waals surface area contributed by atoms with E-state index in [2.05, 4.69) is 5.32 Å². The van der Waals surface area contributed by atoms with Gasteiger partial charge in [0.25, 0.3) is 0 Å². The number of likely N-dealkylation sites (tertiary alicyclic amines) is 1. The number of alkyl halides is 1. The Morgan fingerprint density at radius 3 is 2.64 bits per heavy atom. The van der Waals surface area contributed by atoms with E-state index in [4.69, 9.17) is 0 Å². The van der Waals surface area contributed by atoms with Crippen LogP contribution in [-0.2, 0) is 6.42 Å². The van der Waals surface area contributed by atoms with E-state index in [9.17, 15) is 9.18 Å². The number of rotatable bonds is 5. The lowest BCUT2D eigenvalue weighted by atomic mass is 9.95. The van der Waals surface area contributed by atoms with Crippen LogP contribution in [-0.4, -0.2) is 36.2 Å². The molecule has 0 bridgehead atoms. The molecule has 5 heteroatoms. The van der Waals surface area contributed by atoms with E-state index in [0.717, 1.165) is 24.8 Å². The first-order valence-electron chi connectivity index (χ1n) is 9.99. The third-order valence-electron chi connectivity index (χ3n) is 5.99. The molecule has 2 fully saturated rings. The van der Waals surface area contributed by atoms with Crippen LogP contribution in [0.3, 0.4) is 0 Å². The number of nitrogens with zero attached hydrogens (tertiary/aromatic N) is 1. The molecule has 2 aromatic rings. The van der Waals surface area contributed by atoms with Crippen LogP contribution in [0.5, 0.6) is 0 Å². The topological polar surface area (TPSA) is 32.3 Å². The number of carbonyl (C=O) groups is 1. The van der Waals surface area contributed by atoms with Crippen LogP contribution in [0, 0.1) is 11.2 Å². The van der Waals surface area contributed by atoms with Crippen molar-refractivity contribution >= 4 is 6.03 Å². The van der Waals surface area contributed by atoms with Gasteiger partial charge in [-0.2, -0.15) is 0 Å². The first kappa shape index (κ1) is 18.9. The molecule has 4 rings (SSSR count). The Kier molecular flexibility index (Phi) is 5.09. The Hall–Kier alpha value is -2.43. The third kappa shape index (κ3) is 3.89. The van der Waals surface area contributed by atoms with Gasteiger partial charge in [0.15, 0.2) is 0 Å². The predicted octanol–water partition coefficient (Wildman–Crippen LogP) is 4.96. The van der Waals surface area contributed by atoms with Crippen LogP contribution in [0.1, 0.15) is 31.7 Å². The van der Waals surface area contributed by atoms with Crippen molar-refractivity contribution in [3.05, 3.63) is 59.9 Å². The molecule has 2 aliphatic rings. The van der Waals surface area contributed by atoms with Crippen LogP contribution in [0.25, 0.3) is 11.1 Å². The fourth-order valence-corrected chi connectivity index (χ4v) is 4.29. The Bertz CT molecular complexity index is 849. The number of hydrogen-bond donors (Lipinski definition) is 1. The van der Waals surface area contributed by atoms with Crippen molar-refractivity contribution in [3.63, 3.8) is 0 Å². The van der Waals surface area contributed by atoms with Crippen molar-refractivity contribution < 1.29 is 13.6 Å². The lowest BCUT2D eigenvalue weighted by Crippen LogP contribution is -2.45. The quantitative estimate of drug-likeness (QED) is 0.777. The molecule has 1 saturated carbocycles. The molecule has 0 aromatic heterocycles. The number of halogens is 2. The van der Waals surface area contributed by atoms with Gasteiger partial charge in [-0.15, -0.1) is 0 Å². The molecule has 1 saturated heterocycles. The number of nitrogens with one attached hydrogen (secondary N) is 1. The van der Waals surface area contributed by atoms with Gasteiger partial charge in [-0.3, -0.25) is 0 Å². The van der Waals surface area contributed by atoms with Crippen molar-refractivity contribution in [3.8, 4) is 11.1 Å². The fraction of sp³-hybridized carbons (Fsp3) is 0.435. The highest BCUT2D eigenvalue weighted by molar-refractivity contribution is 5.75. The Labute approximate surface area is 164 Å². The molecule has 1 heterocycles. The highest BCUT2D eigenvalue weighted by Gasteiger charge is 2.53. The zero-order valence-corrected chi connectivity index (χ0v) is 16.1. The highest BCUT2D eigenvalue weighted by Crippen LogP contribution is 2.55. The predicted molar refractivity (Wildman–Crippen MR) is 106 cm³/mol. The number of urea groups is 1. The Morgan fingerprint density at radius 2 is 1.96 bits per heavy atom. The van der Waals surface area contributed by atoms with Gasteiger partial charge in [0, 0.05) is 18.2 Å². The summed E-state index contributed by atoms with van der Waals surface area (Å²) in [4.78, 5) is 14.4. The molecule has 1 N–H and O–H groups in total. The van der Waals surface area contributed by atoms with Crippen molar-refractivity contribution in [2.24, 2.45) is 5.41 Å². The minimum Gasteiger partial charge on any atom is -0.335 e. The van der Waals surface area contributed by atoms with Crippen molar-refractivity contribution in [1.29, 1.82) is 0 Å². The van der Waals surface area contributed by atoms with E-state index in [1.54, 1.807) is 17.0 Å². The molecule has 2 amide bonds. The molecule has 148 valence electrons. The molecule has 1 spiro atoms. The first-order valence-corrected chi connectivity index (χ1v) is 9.99. The molecule has 0 radical (unpaired) electrons. The van der Waals surface area contributed by atoms with Gasteiger partial charge in [0.1, 0.15) is 12.0 Å². The monoisotopic (exact) mass is 384 g/mol. The van der Waals surface area contributed by atoms with E-state index in [1.807, 2.05) is 36.4 Å². The minimum atomic E-state index is -1.08. The van der Waals surface area contributed by atoms with Gasteiger partial charge in [0.05, 0.1) is 6.54 Å². The van der Waals surface area contributed by atoms with Crippen molar-refractivity contribution in [1.82, 2.24) is 10.2 Å². The summed E-state index contributed by atoms with van der Waals surface area (Å²) in [6, 6.07) is 14.7. The molecule has 0 unspecified atom stereocenters. The van der Waals surface area contributed by atoms with Gasteiger partial charge < -0.3 is 10.2 Å². The minimum absolute atomic E-state index is 0.00685. The molecule has 1 aliphatic heterocycles. The summed E-state index contributed by atoms with van der Waals surface area (Å²) >= 11 is 0. The zero-order valence-electron chi connectivity index (χ0n) is 16.1. The van der Waals surface area contributed by atoms with Crippen LogP contribution >= 0.6 is 0 Å². The number of amides is 2. The average Bonchev–Trinajstić information content (AvgIpc) is 3.35. The lowest BCUT2D eigenvalue weighted by molar-refractivity contribution is 0.187. The Balaban J connectivity index is 1.54. The summed E-state index contributed by atoms with van der Waals surface area (Å²) in [5, 5.41) is 2.68. The highest BCUT2D eigenvalue weighted by atomic mass is 19.1. The molecular formula is C23H26F2N2O. The van der Waals surface area contributed by atoms with Gasteiger partial charge in [-0.05, 0) is 49.1 Å². The van der Waals surface area contributed by atoms with E-state index in [1.165, 1.54) is 6.92 Å². The molecule has 2 atom stereocenters. The zero-order chi connectivity index (χ0) is 19.7. The summed E-state index contributed by atoms with van der Waals surface area (Å²) in [6.07, 6.45) is 2.51. The van der Waals surface area contributed by atoms with Crippen LogP contribution < -0.4 is 5.32 Å². The molecule has 28 heavy (non-hydrogen) atoms. The van der Waals surface area contributed by atoms with Gasteiger partial charge in [-0.1, -0.05) is 48.5 Å². The largest absolute Gasteiger partial charge is 0.335 e. The third-order valence-corrected chi connectivity index (χ3v) is 5.99. The maximum atomic E-state index is 15.2.